The molecule has 1 aliphatic rings. The molecule has 0 aliphatic carbocycles. The van der Waals surface area contributed by atoms with Gasteiger partial charge in [-0.3, -0.25) is 0 Å². The average Bonchev–Trinajstić information content (AvgIpc) is 2.53. The minimum Gasteiger partial charge on any atom is -0.358 e. The summed E-state index contributed by atoms with van der Waals surface area (Å²) in [7, 11) is 0. The molecule has 0 aromatic heterocycles. The first-order valence-electron chi connectivity index (χ1n) is 4.67. The first-order chi connectivity index (χ1) is 5.86. The van der Waals surface area contributed by atoms with Crippen molar-refractivity contribution in [2.45, 2.75) is 26.2 Å². The molecule has 0 bridgehead atoms. The molecular weight excluding hydrogens is 207 g/mol. The van der Waals surface area contributed by atoms with E-state index in [1.165, 1.54) is 25.8 Å². The summed E-state index contributed by atoms with van der Waals surface area (Å²) in [6.07, 6.45) is 9.99. The van der Waals surface area contributed by atoms with Gasteiger partial charge >= 0.3 is 0 Å². The number of nitrogens with zero attached hydrogens (tertiary/aromatic N) is 2. The summed E-state index contributed by atoms with van der Waals surface area (Å²) >= 11 is 0. The fraction of sp³-hybridized carbons (Fsp3) is 0.600. The Hall–Kier alpha value is -0.414. The Balaban J connectivity index is 0.00000144. The van der Waals surface area contributed by atoms with Gasteiger partial charge in [0.25, 0.3) is 0 Å². The van der Waals surface area contributed by atoms with Gasteiger partial charge in [-0.05, 0) is 12.6 Å². The second kappa shape index (κ2) is 7.03. The zero-order chi connectivity index (χ0) is 8.81. The third kappa shape index (κ3) is 4.38. The maximum atomic E-state index is 3.72. The molecule has 0 aromatic rings. The average molecular weight is 225 g/mol. The Morgan fingerprint density at radius 1 is 1.38 bits per heavy atom. The summed E-state index contributed by atoms with van der Waals surface area (Å²) in [6.45, 7) is 8.11. The van der Waals surface area contributed by atoms with Crippen molar-refractivity contribution in [3.63, 3.8) is 0 Å². The molecule has 0 aromatic carbocycles. The van der Waals surface area contributed by atoms with Gasteiger partial charge in [-0.1, -0.05) is 26.3 Å². The Labute approximate surface area is 91.5 Å². The Bertz CT molecular complexity index is 168. The third-order valence-corrected chi connectivity index (χ3v) is 2.10. The van der Waals surface area contributed by atoms with Crippen LogP contribution in [0.5, 0.6) is 0 Å². The molecule has 0 saturated carbocycles. The molecule has 3 heteroatoms. The maximum Gasteiger partial charge on any atom is 0.0935 e. The number of unbranched alkanes of at least 4 members (excludes halogenated alkanes) is 2. The molecule has 1 heterocycles. The molecular formula is C10H18CoN2. The van der Waals surface area contributed by atoms with E-state index in [1.54, 1.807) is 0 Å². The zero-order valence-electron chi connectivity index (χ0n) is 8.20. The van der Waals surface area contributed by atoms with E-state index in [9.17, 15) is 0 Å². The predicted molar refractivity (Wildman–Crippen MR) is 52.3 cm³/mol. The third-order valence-electron chi connectivity index (χ3n) is 2.10. The van der Waals surface area contributed by atoms with E-state index in [2.05, 4.69) is 35.7 Å². The summed E-state index contributed by atoms with van der Waals surface area (Å²) in [5.41, 5.74) is 0. The molecule has 13 heavy (non-hydrogen) atoms. The van der Waals surface area contributed by atoms with Crippen molar-refractivity contribution in [1.29, 1.82) is 0 Å². The fourth-order valence-electron chi connectivity index (χ4n) is 1.31. The van der Waals surface area contributed by atoms with Crippen molar-refractivity contribution < 1.29 is 16.8 Å². The normalized spacial score (nSPS) is 14.5. The molecule has 0 saturated heterocycles. The van der Waals surface area contributed by atoms with Crippen LogP contribution in [0.2, 0.25) is 0 Å². The van der Waals surface area contributed by atoms with Gasteiger partial charge in [0.05, 0.1) is 6.67 Å². The van der Waals surface area contributed by atoms with Crippen LogP contribution in [0.15, 0.2) is 25.2 Å². The van der Waals surface area contributed by atoms with Crippen LogP contribution in [-0.2, 0) is 16.8 Å². The van der Waals surface area contributed by atoms with Crippen molar-refractivity contribution in [1.82, 2.24) is 9.80 Å². The van der Waals surface area contributed by atoms with E-state index in [0.717, 1.165) is 6.67 Å². The van der Waals surface area contributed by atoms with Crippen LogP contribution in [0.25, 0.3) is 0 Å². The maximum absolute atomic E-state index is 3.72. The number of hydrogen-bond donors (Lipinski definition) is 0. The van der Waals surface area contributed by atoms with Gasteiger partial charge < -0.3 is 9.80 Å². The monoisotopic (exact) mass is 225 g/mol. The SMILES string of the molecule is C=CN1C=CN(CCCCC)C1.[Co]. The summed E-state index contributed by atoms with van der Waals surface area (Å²) in [4.78, 5) is 4.41. The molecule has 0 unspecified atom stereocenters. The van der Waals surface area contributed by atoms with Crippen LogP contribution in [0.1, 0.15) is 26.2 Å². The molecule has 1 aliphatic heterocycles. The fourth-order valence-corrected chi connectivity index (χ4v) is 1.31. The van der Waals surface area contributed by atoms with Crippen LogP contribution in [0, 0.1) is 0 Å². The quantitative estimate of drug-likeness (QED) is 0.663. The van der Waals surface area contributed by atoms with E-state index >= 15 is 0 Å². The smallest absolute Gasteiger partial charge is 0.0935 e. The largest absolute Gasteiger partial charge is 0.358 e. The van der Waals surface area contributed by atoms with E-state index in [4.69, 9.17) is 0 Å². The van der Waals surface area contributed by atoms with Gasteiger partial charge in [0, 0.05) is 35.7 Å². The Kier molecular flexibility index (Phi) is 6.81. The summed E-state index contributed by atoms with van der Waals surface area (Å²) in [5.74, 6) is 0. The van der Waals surface area contributed by atoms with Crippen molar-refractivity contribution in [2.75, 3.05) is 13.2 Å². The van der Waals surface area contributed by atoms with Gasteiger partial charge in [0.2, 0.25) is 0 Å². The molecule has 0 fully saturated rings. The van der Waals surface area contributed by atoms with E-state index in [-0.39, 0.29) is 16.8 Å². The second-order valence-corrected chi connectivity index (χ2v) is 3.16. The Morgan fingerprint density at radius 2 is 2.15 bits per heavy atom. The van der Waals surface area contributed by atoms with Gasteiger partial charge in [0.15, 0.2) is 0 Å². The van der Waals surface area contributed by atoms with Crippen LogP contribution in [0.3, 0.4) is 0 Å². The van der Waals surface area contributed by atoms with Crippen LogP contribution in [-0.4, -0.2) is 23.0 Å². The van der Waals surface area contributed by atoms with Gasteiger partial charge in [-0.25, -0.2) is 0 Å². The van der Waals surface area contributed by atoms with Crippen LogP contribution >= 0.6 is 0 Å². The number of rotatable bonds is 5. The van der Waals surface area contributed by atoms with Crippen molar-refractivity contribution in [3.8, 4) is 0 Å². The summed E-state index contributed by atoms with van der Waals surface area (Å²) in [6, 6.07) is 0. The minimum absolute atomic E-state index is 0. The van der Waals surface area contributed by atoms with E-state index in [0.29, 0.717) is 0 Å². The van der Waals surface area contributed by atoms with Gasteiger partial charge in [-0.15, -0.1) is 0 Å². The molecule has 77 valence electrons. The predicted octanol–water partition coefficient (Wildman–Crippen LogP) is 2.36. The molecule has 0 N–H and O–H groups in total. The summed E-state index contributed by atoms with van der Waals surface area (Å²) < 4.78 is 0. The molecule has 2 nitrogen and oxygen atoms in total. The molecule has 0 amide bonds. The topological polar surface area (TPSA) is 6.48 Å². The van der Waals surface area contributed by atoms with Crippen LogP contribution < -0.4 is 0 Å². The van der Waals surface area contributed by atoms with Crippen molar-refractivity contribution in [3.05, 3.63) is 25.2 Å². The van der Waals surface area contributed by atoms with Gasteiger partial charge in [0.1, 0.15) is 0 Å². The van der Waals surface area contributed by atoms with Gasteiger partial charge in [-0.2, -0.15) is 0 Å². The number of hydrogen-bond acceptors (Lipinski definition) is 2. The first-order valence-corrected chi connectivity index (χ1v) is 4.67. The first kappa shape index (κ1) is 12.6. The van der Waals surface area contributed by atoms with Crippen LogP contribution in [0.4, 0.5) is 0 Å². The zero-order valence-corrected chi connectivity index (χ0v) is 9.24. The standard InChI is InChI=1S/C10H18N2.Co/c1-3-5-6-7-12-9-8-11(4-2)10-12;/h4,8-9H,2-3,5-7,10H2,1H3;. The molecule has 0 spiro atoms. The van der Waals surface area contributed by atoms with E-state index < -0.39 is 0 Å². The van der Waals surface area contributed by atoms with E-state index in [1.807, 2.05) is 6.20 Å². The van der Waals surface area contributed by atoms with Crippen molar-refractivity contribution in [2.24, 2.45) is 0 Å². The molecule has 1 rings (SSSR count). The minimum atomic E-state index is 0. The molecule has 0 atom stereocenters. The second-order valence-electron chi connectivity index (χ2n) is 3.16. The Morgan fingerprint density at radius 3 is 2.69 bits per heavy atom. The summed E-state index contributed by atoms with van der Waals surface area (Å²) in [5, 5.41) is 0. The molecule has 1 radical (unpaired) electrons. The van der Waals surface area contributed by atoms with Crippen molar-refractivity contribution >= 4 is 0 Å².